The number of carboxylic acids is 1. The zero-order chi connectivity index (χ0) is 13.1. The summed E-state index contributed by atoms with van der Waals surface area (Å²) in [4.78, 5) is 25.5. The smallest absolute Gasteiger partial charge is 0.328 e. The van der Waals surface area contributed by atoms with Crippen LogP contribution in [0, 0.1) is 0 Å². The summed E-state index contributed by atoms with van der Waals surface area (Å²) in [6.07, 6.45) is 0.770. The number of carbonyl (C=O) groups excluding carboxylic acids is 1. The third-order valence-electron chi connectivity index (χ3n) is 3.00. The molecule has 1 atom stereocenters. The second kappa shape index (κ2) is 5.49. The molecule has 1 saturated heterocycles. The van der Waals surface area contributed by atoms with Gasteiger partial charge in [-0.15, -0.1) is 11.3 Å². The number of thiophene rings is 1. The lowest BCUT2D eigenvalue weighted by molar-refractivity contribution is -0.147. The maximum absolute atomic E-state index is 12.4. The molecular weight excluding hydrogens is 254 g/mol. The molecule has 0 spiro atoms. The van der Waals surface area contributed by atoms with Gasteiger partial charge in [0.15, 0.2) is 6.04 Å². The van der Waals surface area contributed by atoms with Crippen LogP contribution in [-0.4, -0.2) is 47.7 Å². The minimum Gasteiger partial charge on any atom is -0.480 e. The van der Waals surface area contributed by atoms with Crippen molar-refractivity contribution in [2.75, 3.05) is 19.8 Å². The molecule has 1 aromatic heterocycles. The van der Waals surface area contributed by atoms with Gasteiger partial charge in [0.05, 0.1) is 18.1 Å². The van der Waals surface area contributed by atoms with Crippen molar-refractivity contribution in [1.29, 1.82) is 0 Å². The summed E-state index contributed by atoms with van der Waals surface area (Å²) in [5, 5.41) is 11.0. The molecule has 0 unspecified atom stereocenters. The van der Waals surface area contributed by atoms with E-state index in [-0.39, 0.29) is 12.5 Å². The molecule has 6 heteroatoms. The van der Waals surface area contributed by atoms with Crippen LogP contribution in [0.1, 0.15) is 22.2 Å². The minimum atomic E-state index is -1.02. The van der Waals surface area contributed by atoms with Crippen LogP contribution in [0.5, 0.6) is 0 Å². The van der Waals surface area contributed by atoms with Gasteiger partial charge in [-0.1, -0.05) is 6.92 Å². The van der Waals surface area contributed by atoms with Crippen molar-refractivity contribution in [2.24, 2.45) is 0 Å². The van der Waals surface area contributed by atoms with E-state index >= 15 is 0 Å². The monoisotopic (exact) mass is 269 g/mol. The van der Waals surface area contributed by atoms with E-state index in [2.05, 4.69) is 0 Å². The third kappa shape index (κ3) is 2.39. The van der Waals surface area contributed by atoms with Crippen molar-refractivity contribution in [2.45, 2.75) is 19.4 Å². The van der Waals surface area contributed by atoms with Gasteiger partial charge in [0.1, 0.15) is 0 Å². The van der Waals surface area contributed by atoms with E-state index in [1.54, 1.807) is 0 Å². The summed E-state index contributed by atoms with van der Waals surface area (Å²) < 4.78 is 5.13. The highest BCUT2D eigenvalue weighted by atomic mass is 32.1. The van der Waals surface area contributed by atoms with Crippen molar-refractivity contribution >= 4 is 23.2 Å². The van der Waals surface area contributed by atoms with E-state index in [4.69, 9.17) is 9.84 Å². The average molecular weight is 269 g/mol. The fourth-order valence-corrected chi connectivity index (χ4v) is 2.93. The summed E-state index contributed by atoms with van der Waals surface area (Å²) in [6.45, 7) is 2.76. The number of carbonyl (C=O) groups is 2. The number of nitrogens with zero attached hydrogens (tertiary/aromatic N) is 1. The highest BCUT2D eigenvalue weighted by molar-refractivity contribution is 7.12. The highest BCUT2D eigenvalue weighted by Gasteiger charge is 2.34. The van der Waals surface area contributed by atoms with Crippen molar-refractivity contribution < 1.29 is 19.4 Å². The molecule has 1 aliphatic heterocycles. The molecule has 0 bridgehead atoms. The van der Waals surface area contributed by atoms with Crippen LogP contribution in [0.4, 0.5) is 0 Å². The van der Waals surface area contributed by atoms with E-state index in [0.29, 0.717) is 18.0 Å². The van der Waals surface area contributed by atoms with Crippen LogP contribution in [-0.2, 0) is 16.0 Å². The molecule has 2 heterocycles. The second-order valence-corrected chi connectivity index (χ2v) is 4.97. The number of aryl methyl sites for hydroxylation is 1. The average Bonchev–Trinajstić information content (AvgIpc) is 2.86. The Hall–Kier alpha value is -1.40. The zero-order valence-corrected chi connectivity index (χ0v) is 10.9. The van der Waals surface area contributed by atoms with Crippen LogP contribution in [0.25, 0.3) is 0 Å². The third-order valence-corrected chi connectivity index (χ3v) is 3.94. The fraction of sp³-hybridized carbons (Fsp3) is 0.500. The van der Waals surface area contributed by atoms with Gasteiger partial charge in [-0.3, -0.25) is 4.79 Å². The van der Waals surface area contributed by atoms with Crippen LogP contribution in [0.3, 0.4) is 0 Å². The molecule has 5 nitrogen and oxygen atoms in total. The Morgan fingerprint density at radius 3 is 3.06 bits per heavy atom. The van der Waals surface area contributed by atoms with Gasteiger partial charge < -0.3 is 14.7 Å². The van der Waals surface area contributed by atoms with Crippen molar-refractivity contribution in [3.8, 4) is 0 Å². The summed E-state index contributed by atoms with van der Waals surface area (Å²) >= 11 is 1.36. The van der Waals surface area contributed by atoms with Crippen LogP contribution in [0.15, 0.2) is 11.4 Å². The first-order valence-corrected chi connectivity index (χ1v) is 6.71. The van der Waals surface area contributed by atoms with E-state index in [0.717, 1.165) is 12.0 Å². The van der Waals surface area contributed by atoms with Gasteiger partial charge in [-0.05, 0) is 23.4 Å². The van der Waals surface area contributed by atoms with Crippen molar-refractivity contribution in [1.82, 2.24) is 4.90 Å². The predicted molar refractivity (Wildman–Crippen MR) is 67.0 cm³/mol. The molecule has 1 aromatic rings. The molecular formula is C12H15NO4S. The first-order valence-electron chi connectivity index (χ1n) is 5.83. The van der Waals surface area contributed by atoms with Gasteiger partial charge in [0.25, 0.3) is 5.91 Å². The van der Waals surface area contributed by atoms with E-state index in [9.17, 15) is 9.59 Å². The predicted octanol–water partition coefficient (Wildman–Crippen LogP) is 1.24. The Labute approximate surface area is 109 Å². The van der Waals surface area contributed by atoms with Gasteiger partial charge in [-0.25, -0.2) is 4.79 Å². The molecule has 18 heavy (non-hydrogen) atoms. The molecule has 0 aromatic carbocycles. The molecule has 0 aliphatic carbocycles. The maximum Gasteiger partial charge on any atom is 0.328 e. The second-order valence-electron chi connectivity index (χ2n) is 4.06. The zero-order valence-electron chi connectivity index (χ0n) is 10.1. The Morgan fingerprint density at radius 1 is 1.61 bits per heavy atom. The summed E-state index contributed by atoms with van der Waals surface area (Å²) in [7, 11) is 0. The largest absolute Gasteiger partial charge is 0.480 e. The molecule has 0 saturated carbocycles. The highest BCUT2D eigenvalue weighted by Crippen LogP contribution is 2.21. The maximum atomic E-state index is 12.4. The SMILES string of the molecule is CCc1ccsc1C(=O)N1CCOC[C@H]1C(=O)O. The Balaban J connectivity index is 2.23. The van der Waals surface area contributed by atoms with E-state index in [1.165, 1.54) is 16.2 Å². The number of rotatable bonds is 3. The van der Waals surface area contributed by atoms with Crippen LogP contribution in [0.2, 0.25) is 0 Å². The molecule has 1 N–H and O–H groups in total. The number of aliphatic carboxylic acids is 1. The van der Waals surface area contributed by atoms with Crippen molar-refractivity contribution in [3.05, 3.63) is 21.9 Å². The first-order chi connectivity index (χ1) is 8.65. The summed E-state index contributed by atoms with van der Waals surface area (Å²) in [5.74, 6) is -1.21. The van der Waals surface area contributed by atoms with Crippen molar-refractivity contribution in [3.63, 3.8) is 0 Å². The van der Waals surface area contributed by atoms with E-state index in [1.807, 2.05) is 18.4 Å². The number of amides is 1. The lowest BCUT2D eigenvalue weighted by Gasteiger charge is -2.32. The molecule has 1 amide bonds. The number of hydrogen-bond donors (Lipinski definition) is 1. The van der Waals surface area contributed by atoms with Crippen LogP contribution >= 0.6 is 11.3 Å². The number of morpholine rings is 1. The first kappa shape index (κ1) is 13.0. The molecule has 1 aliphatic rings. The fourth-order valence-electron chi connectivity index (χ4n) is 1.98. The van der Waals surface area contributed by atoms with Gasteiger partial charge in [-0.2, -0.15) is 0 Å². The lowest BCUT2D eigenvalue weighted by Crippen LogP contribution is -2.52. The normalized spacial score (nSPS) is 19.8. The minimum absolute atomic E-state index is 0.0634. The molecule has 2 rings (SSSR count). The van der Waals surface area contributed by atoms with Gasteiger partial charge in [0.2, 0.25) is 0 Å². The summed E-state index contributed by atoms with van der Waals surface area (Å²) in [5.41, 5.74) is 0.973. The summed E-state index contributed by atoms with van der Waals surface area (Å²) in [6, 6.07) is 1.03. The Morgan fingerprint density at radius 2 is 2.39 bits per heavy atom. The standard InChI is InChI=1S/C12H15NO4S/c1-2-8-3-6-18-10(8)11(14)13-4-5-17-7-9(13)12(15)16/h3,6,9H,2,4-5,7H2,1H3,(H,15,16)/t9-/m0/s1. The number of hydrogen-bond acceptors (Lipinski definition) is 4. The van der Waals surface area contributed by atoms with Gasteiger partial charge in [0, 0.05) is 6.54 Å². The van der Waals surface area contributed by atoms with Crippen LogP contribution < -0.4 is 0 Å². The molecule has 0 radical (unpaired) electrons. The number of ether oxygens (including phenoxy) is 1. The Kier molecular flexibility index (Phi) is 3.98. The topological polar surface area (TPSA) is 66.8 Å². The molecule has 1 fully saturated rings. The lowest BCUT2D eigenvalue weighted by atomic mass is 10.1. The molecule has 98 valence electrons. The Bertz CT molecular complexity index is 457. The number of carboxylic acid groups (broad SMARTS) is 1. The quantitative estimate of drug-likeness (QED) is 0.896. The van der Waals surface area contributed by atoms with E-state index < -0.39 is 12.0 Å². The van der Waals surface area contributed by atoms with Gasteiger partial charge >= 0.3 is 5.97 Å².